The first kappa shape index (κ1) is 16.9. The number of imidazole rings is 1. The van der Waals surface area contributed by atoms with Crippen molar-refractivity contribution in [3.8, 4) is 0 Å². The number of fused-ring (bicyclic) bond motifs is 1. The summed E-state index contributed by atoms with van der Waals surface area (Å²) in [6.45, 7) is 0. The lowest BCUT2D eigenvalue weighted by Crippen LogP contribution is -2.15. The average molecular weight is 380 g/mol. The third kappa shape index (κ3) is 3.98. The number of thiazole rings is 1. The summed E-state index contributed by atoms with van der Waals surface area (Å²) >= 11 is 3.28. The van der Waals surface area contributed by atoms with E-state index in [-0.39, 0.29) is 12.3 Å². The fourth-order valence-electron chi connectivity index (χ4n) is 2.65. The molecule has 0 atom stereocenters. The predicted molar refractivity (Wildman–Crippen MR) is 108 cm³/mol. The fourth-order valence-corrected chi connectivity index (χ4v) is 4.33. The number of carbonyl (C=O) groups excluding carboxylic acids is 1. The largest absolute Gasteiger partial charge is 0.325 e. The summed E-state index contributed by atoms with van der Waals surface area (Å²) < 4.78 is 1.94. The number of hydrogen-bond acceptors (Lipinski definition) is 4. The van der Waals surface area contributed by atoms with Crippen LogP contribution in [-0.2, 0) is 17.0 Å². The Morgan fingerprint density at radius 2 is 1.92 bits per heavy atom. The van der Waals surface area contributed by atoms with Gasteiger partial charge >= 0.3 is 0 Å². The van der Waals surface area contributed by atoms with Crippen molar-refractivity contribution in [3.05, 3.63) is 83.6 Å². The maximum atomic E-state index is 12.4. The molecule has 130 valence electrons. The molecule has 1 N–H and O–H groups in total. The summed E-state index contributed by atoms with van der Waals surface area (Å²) in [7, 11) is 0. The molecule has 0 aliphatic carbocycles. The van der Waals surface area contributed by atoms with Crippen LogP contribution >= 0.6 is 23.1 Å². The van der Waals surface area contributed by atoms with E-state index in [0.717, 1.165) is 27.0 Å². The zero-order valence-corrected chi connectivity index (χ0v) is 15.6. The number of benzene rings is 2. The molecule has 4 rings (SSSR count). The first-order valence-corrected chi connectivity index (χ1v) is 10.1. The summed E-state index contributed by atoms with van der Waals surface area (Å²) in [5.74, 6) is 0.814. The van der Waals surface area contributed by atoms with Crippen LogP contribution in [0.1, 0.15) is 11.3 Å². The zero-order chi connectivity index (χ0) is 17.8. The third-order valence-corrected chi connectivity index (χ3v) is 5.80. The van der Waals surface area contributed by atoms with Gasteiger partial charge in [-0.05, 0) is 17.7 Å². The molecule has 0 radical (unpaired) electrons. The van der Waals surface area contributed by atoms with E-state index in [2.05, 4.69) is 22.4 Å². The number of carbonyl (C=O) groups is 1. The Kier molecular flexibility index (Phi) is 5.04. The predicted octanol–water partition coefficient (Wildman–Crippen LogP) is 4.87. The van der Waals surface area contributed by atoms with Gasteiger partial charge in [0.15, 0.2) is 4.96 Å². The molecule has 0 aliphatic heterocycles. The quantitative estimate of drug-likeness (QED) is 0.486. The van der Waals surface area contributed by atoms with E-state index in [0.29, 0.717) is 0 Å². The molecule has 2 heterocycles. The number of anilines is 1. The van der Waals surface area contributed by atoms with E-state index in [9.17, 15) is 4.79 Å². The normalized spacial score (nSPS) is 10.9. The molecule has 0 aliphatic rings. The molecule has 0 saturated heterocycles. The van der Waals surface area contributed by atoms with Gasteiger partial charge in [-0.25, -0.2) is 4.98 Å². The molecule has 0 bridgehead atoms. The Labute approximate surface area is 159 Å². The molecule has 4 nitrogen and oxygen atoms in total. The van der Waals surface area contributed by atoms with Crippen LogP contribution in [0.5, 0.6) is 0 Å². The first-order valence-electron chi connectivity index (χ1n) is 8.24. The molecule has 26 heavy (non-hydrogen) atoms. The van der Waals surface area contributed by atoms with E-state index >= 15 is 0 Å². The Hall–Kier alpha value is -2.57. The lowest BCUT2D eigenvalue weighted by atomic mass is 10.2. The van der Waals surface area contributed by atoms with Crippen molar-refractivity contribution in [1.29, 1.82) is 0 Å². The number of thioether (sulfide) groups is 1. The first-order chi connectivity index (χ1) is 12.8. The average Bonchev–Trinajstić information content (AvgIpc) is 3.23. The SMILES string of the molecule is O=C(Cc1cn2ccsc2n1)Nc1ccccc1SCc1ccccc1. The van der Waals surface area contributed by atoms with Crippen molar-refractivity contribution < 1.29 is 4.79 Å². The van der Waals surface area contributed by atoms with Crippen molar-refractivity contribution in [1.82, 2.24) is 9.38 Å². The molecular weight excluding hydrogens is 362 g/mol. The van der Waals surface area contributed by atoms with Gasteiger partial charge in [-0.3, -0.25) is 9.20 Å². The second kappa shape index (κ2) is 7.76. The number of aromatic nitrogens is 2. The van der Waals surface area contributed by atoms with Gasteiger partial charge in [0.05, 0.1) is 17.8 Å². The standard InChI is InChI=1S/C20H17N3OS2/c24-19(12-16-13-23-10-11-25-20(23)21-16)22-17-8-4-5-9-18(17)26-14-15-6-2-1-3-7-15/h1-11,13H,12,14H2,(H,22,24). The van der Waals surface area contributed by atoms with Crippen molar-refractivity contribution in [2.45, 2.75) is 17.1 Å². The Bertz CT molecular complexity index is 995. The van der Waals surface area contributed by atoms with E-state index in [1.165, 1.54) is 5.56 Å². The second-order valence-corrected chi connectivity index (χ2v) is 7.71. The number of para-hydroxylation sites is 1. The van der Waals surface area contributed by atoms with Crippen LogP contribution in [-0.4, -0.2) is 15.3 Å². The van der Waals surface area contributed by atoms with E-state index < -0.39 is 0 Å². The number of rotatable bonds is 6. The van der Waals surface area contributed by atoms with Crippen molar-refractivity contribution in [3.63, 3.8) is 0 Å². The van der Waals surface area contributed by atoms with Gasteiger partial charge in [-0.15, -0.1) is 23.1 Å². The van der Waals surface area contributed by atoms with Crippen molar-refractivity contribution in [2.24, 2.45) is 0 Å². The van der Waals surface area contributed by atoms with Gasteiger partial charge < -0.3 is 5.32 Å². The fraction of sp³-hybridized carbons (Fsp3) is 0.100. The lowest BCUT2D eigenvalue weighted by Gasteiger charge is -2.10. The van der Waals surface area contributed by atoms with E-state index in [4.69, 9.17) is 0 Å². The van der Waals surface area contributed by atoms with Gasteiger partial charge in [0.2, 0.25) is 5.91 Å². The highest BCUT2D eigenvalue weighted by Gasteiger charge is 2.11. The smallest absolute Gasteiger partial charge is 0.230 e. The Morgan fingerprint density at radius 3 is 2.77 bits per heavy atom. The topological polar surface area (TPSA) is 46.4 Å². The maximum absolute atomic E-state index is 12.4. The lowest BCUT2D eigenvalue weighted by molar-refractivity contribution is -0.115. The van der Waals surface area contributed by atoms with Crippen LogP contribution in [0.25, 0.3) is 4.96 Å². The number of hydrogen-bond donors (Lipinski definition) is 1. The Balaban J connectivity index is 1.42. The molecule has 6 heteroatoms. The molecule has 4 aromatic rings. The zero-order valence-electron chi connectivity index (χ0n) is 14.0. The van der Waals surface area contributed by atoms with Crippen molar-refractivity contribution in [2.75, 3.05) is 5.32 Å². The van der Waals surface area contributed by atoms with Crippen LogP contribution in [0, 0.1) is 0 Å². The summed E-state index contributed by atoms with van der Waals surface area (Å²) in [4.78, 5) is 18.9. The molecule has 0 spiro atoms. The van der Waals surface area contributed by atoms with Crippen LogP contribution in [0.3, 0.4) is 0 Å². The molecule has 0 fully saturated rings. The molecule has 0 unspecified atom stereocenters. The van der Waals surface area contributed by atoms with Crippen LogP contribution in [0.4, 0.5) is 5.69 Å². The summed E-state index contributed by atoms with van der Waals surface area (Å²) in [6.07, 6.45) is 4.12. The minimum atomic E-state index is -0.0523. The molecule has 1 amide bonds. The van der Waals surface area contributed by atoms with Crippen LogP contribution in [0.2, 0.25) is 0 Å². The van der Waals surface area contributed by atoms with Crippen molar-refractivity contribution >= 4 is 39.7 Å². The summed E-state index contributed by atoms with van der Waals surface area (Å²) in [5.41, 5.74) is 2.89. The molecule has 0 saturated carbocycles. The van der Waals surface area contributed by atoms with Gasteiger partial charge in [-0.2, -0.15) is 0 Å². The highest BCUT2D eigenvalue weighted by Crippen LogP contribution is 2.29. The van der Waals surface area contributed by atoms with Gasteiger partial charge in [0.1, 0.15) is 0 Å². The van der Waals surface area contributed by atoms with Crippen LogP contribution < -0.4 is 5.32 Å². The maximum Gasteiger partial charge on any atom is 0.230 e. The highest BCUT2D eigenvalue weighted by molar-refractivity contribution is 7.98. The van der Waals surface area contributed by atoms with Crippen LogP contribution in [0.15, 0.2) is 77.3 Å². The van der Waals surface area contributed by atoms with Gasteiger partial charge in [-0.1, -0.05) is 42.5 Å². The highest BCUT2D eigenvalue weighted by atomic mass is 32.2. The number of nitrogens with zero attached hydrogens (tertiary/aromatic N) is 2. The van der Waals surface area contributed by atoms with Gasteiger partial charge in [0, 0.05) is 28.4 Å². The third-order valence-electron chi connectivity index (χ3n) is 3.88. The monoisotopic (exact) mass is 379 g/mol. The number of amides is 1. The molecular formula is C20H17N3OS2. The second-order valence-electron chi connectivity index (χ2n) is 5.82. The van der Waals surface area contributed by atoms with Gasteiger partial charge in [0.25, 0.3) is 0 Å². The van der Waals surface area contributed by atoms with E-state index in [1.54, 1.807) is 23.1 Å². The minimum Gasteiger partial charge on any atom is -0.325 e. The number of nitrogens with one attached hydrogen (secondary N) is 1. The summed E-state index contributed by atoms with van der Waals surface area (Å²) in [6, 6.07) is 18.2. The molecule has 2 aromatic carbocycles. The molecule has 2 aromatic heterocycles. The minimum absolute atomic E-state index is 0.0523. The Morgan fingerprint density at radius 1 is 1.12 bits per heavy atom. The summed E-state index contributed by atoms with van der Waals surface area (Å²) in [5, 5.41) is 5.00. The van der Waals surface area contributed by atoms with E-state index in [1.807, 2.05) is 64.6 Å².